The molecule has 1 aromatic heterocycles. The first-order valence-corrected chi connectivity index (χ1v) is 8.72. The summed E-state index contributed by atoms with van der Waals surface area (Å²) >= 11 is 0. The van der Waals surface area contributed by atoms with Crippen molar-refractivity contribution >= 4 is 17.7 Å². The summed E-state index contributed by atoms with van der Waals surface area (Å²) in [5, 5.41) is 9.57. The molecule has 6 heteroatoms. The first-order valence-electron chi connectivity index (χ1n) is 8.72. The van der Waals surface area contributed by atoms with E-state index in [1.165, 1.54) is 4.90 Å². The fraction of sp³-hybridized carbons (Fsp3) is 0.350. The number of furan rings is 1. The van der Waals surface area contributed by atoms with Crippen LogP contribution in [0.2, 0.25) is 0 Å². The van der Waals surface area contributed by atoms with Gasteiger partial charge in [-0.05, 0) is 24.5 Å². The molecule has 1 aliphatic heterocycles. The van der Waals surface area contributed by atoms with E-state index in [-0.39, 0.29) is 24.0 Å². The Morgan fingerprint density at radius 3 is 2.73 bits per heavy atom. The highest BCUT2D eigenvalue weighted by Crippen LogP contribution is 2.33. The quantitative estimate of drug-likeness (QED) is 0.897. The van der Waals surface area contributed by atoms with Crippen LogP contribution in [0.25, 0.3) is 0 Å². The van der Waals surface area contributed by atoms with E-state index < -0.39 is 11.9 Å². The molecule has 2 aliphatic rings. The Labute approximate surface area is 150 Å². The van der Waals surface area contributed by atoms with E-state index in [4.69, 9.17) is 4.42 Å². The van der Waals surface area contributed by atoms with Crippen molar-refractivity contribution in [1.82, 2.24) is 4.90 Å². The molecule has 26 heavy (non-hydrogen) atoms. The predicted octanol–water partition coefficient (Wildman–Crippen LogP) is 2.93. The summed E-state index contributed by atoms with van der Waals surface area (Å²) < 4.78 is 5.75. The van der Waals surface area contributed by atoms with Gasteiger partial charge < -0.3 is 14.4 Å². The SMILES string of the molecule is Cc1c(C(=O)N2Cc3ccccc3C(C(=O)O)C2)oc2c1C(=O)CCC2. The lowest BCUT2D eigenvalue weighted by molar-refractivity contribution is -0.139. The highest BCUT2D eigenvalue weighted by atomic mass is 16.4. The van der Waals surface area contributed by atoms with Crippen LogP contribution >= 0.6 is 0 Å². The number of rotatable bonds is 2. The lowest BCUT2D eigenvalue weighted by Gasteiger charge is -2.32. The molecular weight excluding hydrogens is 334 g/mol. The van der Waals surface area contributed by atoms with Gasteiger partial charge in [0, 0.05) is 31.5 Å². The van der Waals surface area contributed by atoms with Crippen LogP contribution in [0.1, 0.15) is 62.1 Å². The van der Waals surface area contributed by atoms with Crippen LogP contribution in [0.3, 0.4) is 0 Å². The molecule has 0 bridgehead atoms. The van der Waals surface area contributed by atoms with Crippen LogP contribution in [0, 0.1) is 6.92 Å². The predicted molar refractivity (Wildman–Crippen MR) is 92.3 cm³/mol. The third-order valence-electron chi connectivity index (χ3n) is 5.28. The summed E-state index contributed by atoms with van der Waals surface area (Å²) in [6.45, 7) is 2.15. The smallest absolute Gasteiger partial charge is 0.312 e. The molecule has 6 nitrogen and oxygen atoms in total. The maximum atomic E-state index is 13.1. The number of benzene rings is 1. The Morgan fingerprint density at radius 2 is 2.00 bits per heavy atom. The number of carboxylic acid groups (broad SMARTS) is 1. The van der Waals surface area contributed by atoms with Crippen molar-refractivity contribution < 1.29 is 23.9 Å². The third-order valence-corrected chi connectivity index (χ3v) is 5.28. The van der Waals surface area contributed by atoms with Gasteiger partial charge >= 0.3 is 5.97 Å². The number of Topliss-reactive ketones (excluding diaryl/α,β-unsaturated/α-hetero) is 1. The summed E-state index contributed by atoms with van der Waals surface area (Å²) in [4.78, 5) is 38.4. The van der Waals surface area contributed by atoms with Crippen LogP contribution < -0.4 is 0 Å². The first kappa shape index (κ1) is 16.6. The van der Waals surface area contributed by atoms with E-state index in [2.05, 4.69) is 0 Å². The molecule has 0 saturated heterocycles. The van der Waals surface area contributed by atoms with Gasteiger partial charge in [0.2, 0.25) is 0 Å². The second-order valence-electron chi connectivity index (χ2n) is 6.91. The molecule has 1 N–H and O–H groups in total. The first-order chi connectivity index (χ1) is 12.5. The molecule has 2 aromatic rings. The minimum absolute atomic E-state index is 0.0129. The van der Waals surface area contributed by atoms with E-state index in [1.807, 2.05) is 18.2 Å². The molecule has 0 saturated carbocycles. The summed E-state index contributed by atoms with van der Waals surface area (Å²) in [7, 11) is 0. The second kappa shape index (κ2) is 6.12. The van der Waals surface area contributed by atoms with E-state index in [0.717, 1.165) is 17.5 Å². The molecule has 0 radical (unpaired) electrons. The van der Waals surface area contributed by atoms with Crippen molar-refractivity contribution in [2.75, 3.05) is 6.54 Å². The van der Waals surface area contributed by atoms with E-state index in [9.17, 15) is 19.5 Å². The van der Waals surface area contributed by atoms with Crippen LogP contribution in [0.5, 0.6) is 0 Å². The molecule has 0 spiro atoms. The van der Waals surface area contributed by atoms with E-state index in [1.54, 1.807) is 13.0 Å². The van der Waals surface area contributed by atoms with Gasteiger partial charge in [0.25, 0.3) is 5.91 Å². The van der Waals surface area contributed by atoms with Crippen LogP contribution in [0.4, 0.5) is 0 Å². The normalized spacial score (nSPS) is 19.0. The summed E-state index contributed by atoms with van der Waals surface area (Å²) in [5.74, 6) is -1.33. The molecule has 0 fully saturated rings. The molecule has 1 aromatic carbocycles. The number of ketones is 1. The Kier molecular flexibility index (Phi) is 3.90. The lowest BCUT2D eigenvalue weighted by atomic mass is 9.89. The van der Waals surface area contributed by atoms with Crippen molar-refractivity contribution in [3.05, 3.63) is 58.0 Å². The van der Waals surface area contributed by atoms with Gasteiger partial charge in [-0.25, -0.2) is 0 Å². The van der Waals surface area contributed by atoms with E-state index >= 15 is 0 Å². The van der Waals surface area contributed by atoms with Crippen LogP contribution in [-0.2, 0) is 17.8 Å². The van der Waals surface area contributed by atoms with Crippen molar-refractivity contribution in [1.29, 1.82) is 0 Å². The largest absolute Gasteiger partial charge is 0.481 e. The van der Waals surface area contributed by atoms with Crippen LogP contribution in [-0.4, -0.2) is 34.2 Å². The third kappa shape index (κ3) is 2.53. The second-order valence-corrected chi connectivity index (χ2v) is 6.91. The Bertz CT molecular complexity index is 926. The molecule has 1 amide bonds. The number of aryl methyl sites for hydroxylation is 1. The minimum atomic E-state index is -0.958. The zero-order chi connectivity index (χ0) is 18.4. The number of carboxylic acids is 1. The van der Waals surface area contributed by atoms with Crippen molar-refractivity contribution in [2.24, 2.45) is 0 Å². The molecule has 1 aliphatic carbocycles. The number of carbonyl (C=O) groups excluding carboxylic acids is 2. The fourth-order valence-electron chi connectivity index (χ4n) is 3.97. The van der Waals surface area contributed by atoms with E-state index in [0.29, 0.717) is 36.3 Å². The average molecular weight is 353 g/mol. The topological polar surface area (TPSA) is 87.8 Å². The maximum Gasteiger partial charge on any atom is 0.312 e. The number of carbonyl (C=O) groups is 3. The highest BCUT2D eigenvalue weighted by molar-refractivity contribution is 6.03. The fourth-order valence-corrected chi connectivity index (χ4v) is 3.97. The average Bonchev–Trinajstić information content (AvgIpc) is 2.98. The zero-order valence-electron chi connectivity index (χ0n) is 14.4. The molecular formula is C20H19NO5. The maximum absolute atomic E-state index is 13.1. The summed E-state index contributed by atoms with van der Waals surface area (Å²) in [5.41, 5.74) is 2.67. The highest BCUT2D eigenvalue weighted by Gasteiger charge is 2.36. The Morgan fingerprint density at radius 1 is 1.23 bits per heavy atom. The van der Waals surface area contributed by atoms with Crippen molar-refractivity contribution in [3.8, 4) is 0 Å². The zero-order valence-corrected chi connectivity index (χ0v) is 14.4. The van der Waals surface area contributed by atoms with Gasteiger partial charge in [-0.15, -0.1) is 0 Å². The summed E-state index contributed by atoms with van der Waals surface area (Å²) in [6.07, 6.45) is 1.85. The monoisotopic (exact) mass is 353 g/mol. The lowest BCUT2D eigenvalue weighted by Crippen LogP contribution is -2.40. The standard InChI is InChI=1S/C20H19NO5/c1-11-17-15(22)7-4-8-16(17)26-18(11)19(23)21-9-12-5-2-3-6-13(12)14(10-21)20(24)25/h2-3,5-6,14H,4,7-10H2,1H3,(H,24,25). The van der Waals surface area contributed by atoms with Gasteiger partial charge in [0.15, 0.2) is 11.5 Å². The van der Waals surface area contributed by atoms with Crippen molar-refractivity contribution in [3.63, 3.8) is 0 Å². The molecule has 1 unspecified atom stereocenters. The number of hydrogen-bond acceptors (Lipinski definition) is 4. The molecule has 2 heterocycles. The van der Waals surface area contributed by atoms with Crippen molar-refractivity contribution in [2.45, 2.75) is 38.6 Å². The van der Waals surface area contributed by atoms with Gasteiger partial charge in [-0.3, -0.25) is 14.4 Å². The van der Waals surface area contributed by atoms with Gasteiger partial charge in [0.1, 0.15) is 5.76 Å². The number of fused-ring (bicyclic) bond motifs is 2. The number of amides is 1. The van der Waals surface area contributed by atoms with Gasteiger partial charge in [-0.2, -0.15) is 0 Å². The van der Waals surface area contributed by atoms with Crippen LogP contribution in [0.15, 0.2) is 28.7 Å². The van der Waals surface area contributed by atoms with Gasteiger partial charge in [0.05, 0.1) is 11.5 Å². The summed E-state index contributed by atoms with van der Waals surface area (Å²) in [6, 6.07) is 7.28. The molecule has 1 atom stereocenters. The number of hydrogen-bond donors (Lipinski definition) is 1. The molecule has 4 rings (SSSR count). The number of nitrogens with zero attached hydrogens (tertiary/aromatic N) is 1. The Hall–Kier alpha value is -2.89. The van der Waals surface area contributed by atoms with Gasteiger partial charge in [-0.1, -0.05) is 24.3 Å². The number of aliphatic carboxylic acids is 1. The Balaban J connectivity index is 1.70. The minimum Gasteiger partial charge on any atom is -0.481 e. The molecule has 134 valence electrons.